The van der Waals surface area contributed by atoms with Gasteiger partial charge in [0.2, 0.25) is 12.7 Å². The molecule has 0 unspecified atom stereocenters. The van der Waals surface area contributed by atoms with Gasteiger partial charge in [-0.25, -0.2) is 9.37 Å². The lowest BCUT2D eigenvalue weighted by atomic mass is 9.84. The Bertz CT molecular complexity index is 1770. The molecule has 0 saturated carbocycles. The van der Waals surface area contributed by atoms with E-state index in [0.29, 0.717) is 37.0 Å². The maximum atomic E-state index is 14.8. The Morgan fingerprint density at radius 3 is 2.58 bits per heavy atom. The summed E-state index contributed by atoms with van der Waals surface area (Å²) in [5, 5.41) is 11.4. The van der Waals surface area contributed by atoms with Crippen LogP contribution < -0.4 is 31.5 Å². The van der Waals surface area contributed by atoms with Crippen molar-refractivity contribution in [3.63, 3.8) is 0 Å². The van der Waals surface area contributed by atoms with Crippen LogP contribution in [0.5, 0.6) is 5.75 Å². The molecule has 1 aromatic carbocycles. The minimum Gasteiger partial charge on any atom is -0.490 e. The quantitative estimate of drug-likeness (QED) is 0.0325. The number of alkyl halides is 1. The van der Waals surface area contributed by atoms with E-state index in [2.05, 4.69) is 25.1 Å². The van der Waals surface area contributed by atoms with E-state index in [1.807, 2.05) is 33.9 Å². The van der Waals surface area contributed by atoms with Crippen molar-refractivity contribution in [2.45, 2.75) is 50.6 Å². The number of halogens is 1. The highest BCUT2D eigenvalue weighted by Gasteiger charge is 2.58. The van der Waals surface area contributed by atoms with Crippen LogP contribution in [0.1, 0.15) is 26.0 Å². The topological polar surface area (TPSA) is 230 Å². The summed E-state index contributed by atoms with van der Waals surface area (Å²) in [6, 6.07) is 6.14. The average molecular weight is 711 g/mol. The number of carbonyl (C=O) groups excluding carboxylic acids is 2. The van der Waals surface area contributed by atoms with Crippen LogP contribution in [-0.4, -0.2) is 95.3 Å². The number of oxime groups is 1. The van der Waals surface area contributed by atoms with Gasteiger partial charge in [0, 0.05) is 18.5 Å². The van der Waals surface area contributed by atoms with Crippen LogP contribution in [0.15, 0.2) is 47.2 Å². The molecule has 2 aliphatic rings. The molecule has 2 aromatic heterocycles. The molecule has 260 valence electrons. The molecule has 4 heterocycles. The van der Waals surface area contributed by atoms with E-state index in [1.165, 1.54) is 19.2 Å². The first-order valence-electron chi connectivity index (χ1n) is 14.9. The van der Waals surface area contributed by atoms with Gasteiger partial charge in [0.05, 0.1) is 23.8 Å². The fourth-order valence-electron chi connectivity index (χ4n) is 5.10. The van der Waals surface area contributed by atoms with Gasteiger partial charge in [-0.05, 0) is 44.5 Å². The molecule has 48 heavy (non-hydrogen) atoms. The first kappa shape index (κ1) is 35.1. The van der Waals surface area contributed by atoms with Crippen LogP contribution in [-0.2, 0) is 42.2 Å². The monoisotopic (exact) mass is 710 g/mol. The van der Waals surface area contributed by atoms with Gasteiger partial charge in [0.25, 0.3) is 11.8 Å². The van der Waals surface area contributed by atoms with Crippen molar-refractivity contribution in [2.24, 2.45) is 10.9 Å². The maximum absolute atomic E-state index is 14.8. The Balaban J connectivity index is 1.17. The van der Waals surface area contributed by atoms with Crippen molar-refractivity contribution in [1.29, 1.82) is 0 Å². The van der Waals surface area contributed by atoms with Crippen molar-refractivity contribution in [2.75, 3.05) is 38.6 Å². The lowest BCUT2D eigenvalue weighted by Crippen LogP contribution is -2.76. The van der Waals surface area contributed by atoms with Crippen molar-refractivity contribution < 1.29 is 45.5 Å². The molecule has 5 rings (SSSR count). The van der Waals surface area contributed by atoms with Gasteiger partial charge in [0.15, 0.2) is 23.1 Å². The number of thiazole rings is 1. The molecule has 0 spiro atoms. The minimum absolute atomic E-state index is 0.0637. The van der Waals surface area contributed by atoms with Crippen LogP contribution in [0.2, 0.25) is 0 Å². The van der Waals surface area contributed by atoms with Gasteiger partial charge < -0.3 is 31.7 Å². The highest BCUT2D eigenvalue weighted by atomic mass is 32.3. The average Bonchev–Trinajstić information content (AvgIpc) is 3.63. The number of aromatic nitrogens is 3. The predicted octanol–water partition coefficient (Wildman–Crippen LogP) is -0.219. The number of amides is 2. The normalized spacial score (nSPS) is 18.6. The second-order valence-corrected chi connectivity index (χ2v) is 13.7. The first-order valence-corrected chi connectivity index (χ1v) is 17.1. The number of hydrogen-bond donors (Lipinski definition) is 5. The number of aryl methyl sites for hydroxylation is 1. The smallest absolute Gasteiger partial charge is 0.418 e. The highest BCUT2D eigenvalue weighted by Crippen LogP contribution is 2.33. The summed E-state index contributed by atoms with van der Waals surface area (Å²) in [6.07, 6.45) is 4.66. The van der Waals surface area contributed by atoms with Crippen molar-refractivity contribution in [3.8, 4) is 16.9 Å². The fraction of sp³-hybridized carbons (Fsp3) is 0.464. The van der Waals surface area contributed by atoms with E-state index in [-0.39, 0.29) is 36.3 Å². The minimum atomic E-state index is -4.96. The van der Waals surface area contributed by atoms with Crippen molar-refractivity contribution in [3.05, 3.63) is 47.7 Å². The number of β-lactam (4-membered cyclic amide) rings is 1. The Morgan fingerprint density at radius 1 is 1.27 bits per heavy atom. The standard InChI is InChI=1S/C28H36FN9O8S2/c1-27(2)23(25(40)38(27)46-48(41,42)43)34-24(39)22(21-14-47-26(31)33-21)35-45-11-10-44-20-6-4-18(5-7-20)19-12-36(9-3-8-30)37(13-19)17-28(29)15-32-16-28/h4-7,12-14,23,32H,3,8-11,15-17,30H2,1-2H3,(H3-,31,33,34,39,41,42,43)/p+1/b35-22-/t23-/m1/s1. The molecule has 1 atom stereocenters. The summed E-state index contributed by atoms with van der Waals surface area (Å²) in [5.41, 5.74) is 10.5. The zero-order chi connectivity index (χ0) is 34.7. The van der Waals surface area contributed by atoms with Gasteiger partial charge in [-0.15, -0.1) is 20.3 Å². The first-order chi connectivity index (χ1) is 22.7. The molecule has 0 aliphatic carbocycles. The summed E-state index contributed by atoms with van der Waals surface area (Å²) in [5.74, 6) is -1.21. The van der Waals surface area contributed by atoms with Crippen LogP contribution in [0.25, 0.3) is 11.1 Å². The molecule has 2 fully saturated rings. The molecule has 2 saturated heterocycles. The molecular formula is C28H37FN9O8S2+. The molecule has 0 bridgehead atoms. The predicted molar refractivity (Wildman–Crippen MR) is 170 cm³/mol. The molecule has 2 amide bonds. The van der Waals surface area contributed by atoms with Crippen LogP contribution >= 0.6 is 11.3 Å². The van der Waals surface area contributed by atoms with Crippen LogP contribution in [0.3, 0.4) is 0 Å². The number of hydrogen-bond acceptors (Lipinski definition) is 13. The molecule has 7 N–H and O–H groups in total. The summed E-state index contributed by atoms with van der Waals surface area (Å²) in [6.45, 7) is 4.94. The van der Waals surface area contributed by atoms with Crippen molar-refractivity contribution >= 4 is 44.4 Å². The molecule has 20 heteroatoms. The van der Waals surface area contributed by atoms with Gasteiger partial charge in [-0.1, -0.05) is 17.3 Å². The lowest BCUT2D eigenvalue weighted by molar-refractivity contribution is -0.784. The number of rotatable bonds is 16. The number of anilines is 1. The Kier molecular flexibility index (Phi) is 10.3. The van der Waals surface area contributed by atoms with Gasteiger partial charge >= 0.3 is 10.4 Å². The Hall–Kier alpha value is -4.21. The van der Waals surface area contributed by atoms with Crippen LogP contribution in [0, 0.1) is 0 Å². The number of benzene rings is 1. The van der Waals surface area contributed by atoms with E-state index in [4.69, 9.17) is 25.6 Å². The van der Waals surface area contributed by atoms with Gasteiger partial charge in [-0.2, -0.15) is 18.2 Å². The van der Waals surface area contributed by atoms with E-state index >= 15 is 0 Å². The van der Waals surface area contributed by atoms with Gasteiger partial charge in [-0.3, -0.25) is 14.1 Å². The third kappa shape index (κ3) is 8.08. The van der Waals surface area contributed by atoms with E-state index < -0.39 is 39.5 Å². The third-order valence-corrected chi connectivity index (χ3v) is 8.73. The number of nitrogen functional groups attached to an aromatic ring is 1. The van der Waals surface area contributed by atoms with Crippen LogP contribution in [0.4, 0.5) is 9.52 Å². The lowest BCUT2D eigenvalue weighted by Gasteiger charge is -2.50. The Labute approximate surface area is 279 Å². The summed E-state index contributed by atoms with van der Waals surface area (Å²) < 4.78 is 59.9. The Morgan fingerprint density at radius 2 is 2.00 bits per heavy atom. The maximum Gasteiger partial charge on any atom is 0.418 e. The third-order valence-electron chi connectivity index (χ3n) is 7.71. The molecule has 17 nitrogen and oxygen atoms in total. The number of nitrogens with zero attached hydrogens (tertiary/aromatic N) is 5. The van der Waals surface area contributed by atoms with E-state index in [0.717, 1.165) is 28.9 Å². The molecule has 3 aromatic rings. The number of nitrogens with one attached hydrogen (secondary N) is 2. The number of hydroxylamine groups is 2. The SMILES string of the molecule is CC1(C)[C@H](NC(=O)/C(=N\OCCOc2ccc(-c3cn(CCCN)[n+](CC4(F)CNC4)c3)cc2)c2csc(N)n2)C(=O)N1OS(=O)(=O)O. The molecule has 2 aliphatic heterocycles. The zero-order valence-electron chi connectivity index (χ0n) is 26.2. The number of ether oxygens (including phenoxy) is 1. The largest absolute Gasteiger partial charge is 0.490 e. The summed E-state index contributed by atoms with van der Waals surface area (Å²) >= 11 is 1.06. The zero-order valence-corrected chi connectivity index (χ0v) is 27.8. The number of carbonyl (C=O) groups is 2. The summed E-state index contributed by atoms with van der Waals surface area (Å²) in [7, 11) is -4.96. The van der Waals surface area contributed by atoms with E-state index in [1.54, 1.807) is 12.1 Å². The van der Waals surface area contributed by atoms with Crippen molar-refractivity contribution in [1.82, 2.24) is 25.4 Å². The van der Waals surface area contributed by atoms with E-state index in [9.17, 15) is 22.4 Å². The second-order valence-electron chi connectivity index (χ2n) is 11.8. The number of nitrogens with two attached hydrogens (primary N) is 2. The highest BCUT2D eigenvalue weighted by molar-refractivity contribution is 7.80. The molecular weight excluding hydrogens is 673 g/mol. The summed E-state index contributed by atoms with van der Waals surface area (Å²) in [4.78, 5) is 35.0. The van der Waals surface area contributed by atoms with Gasteiger partial charge in [0.1, 0.15) is 24.1 Å². The second kappa shape index (κ2) is 14.1. The molecule has 0 radical (unpaired) electrons. The fourth-order valence-corrected chi connectivity index (χ4v) is 6.11.